The number of nitrogens with one attached hydrogen (secondary N) is 1. The van der Waals surface area contributed by atoms with E-state index >= 15 is 0 Å². The summed E-state index contributed by atoms with van der Waals surface area (Å²) in [6.07, 6.45) is 0.626. The second-order valence-electron chi connectivity index (χ2n) is 3.02. The van der Waals surface area contributed by atoms with E-state index in [0.29, 0.717) is 12.0 Å². The Morgan fingerprint density at radius 3 is 2.77 bits per heavy atom. The van der Waals surface area contributed by atoms with Crippen LogP contribution in [0.1, 0.15) is 12.5 Å². The molecule has 1 unspecified atom stereocenters. The van der Waals surface area contributed by atoms with Gasteiger partial charge in [-0.3, -0.25) is 0 Å². The third-order valence-corrected chi connectivity index (χ3v) is 1.80. The Kier molecular flexibility index (Phi) is 3.86. The number of hydrogen-bond donors (Lipinski definition) is 1. The fourth-order valence-corrected chi connectivity index (χ4v) is 1.24. The lowest BCUT2D eigenvalue weighted by Gasteiger charge is -2.11. The van der Waals surface area contributed by atoms with Gasteiger partial charge in [0.15, 0.2) is 0 Å². The zero-order valence-electron chi connectivity index (χ0n) is 7.88. The highest BCUT2D eigenvalue weighted by atomic mass is 19.1. The van der Waals surface area contributed by atoms with Gasteiger partial charge in [-0.1, -0.05) is 18.2 Å². The van der Waals surface area contributed by atoms with Crippen molar-refractivity contribution >= 4 is 0 Å². The van der Waals surface area contributed by atoms with E-state index in [1.807, 2.05) is 13.0 Å². The highest BCUT2D eigenvalue weighted by molar-refractivity contribution is 5.18. The SMILES string of the molecule is CONC(C)Cc1ccccc1F. The smallest absolute Gasteiger partial charge is 0.126 e. The minimum Gasteiger partial charge on any atom is -0.305 e. The molecule has 0 aliphatic carbocycles. The molecule has 0 fully saturated rings. The Bertz CT molecular complexity index is 265. The average Bonchev–Trinajstić information content (AvgIpc) is 2.09. The fraction of sp³-hybridized carbons (Fsp3) is 0.400. The van der Waals surface area contributed by atoms with Crippen LogP contribution in [0, 0.1) is 5.82 Å². The molecule has 0 aliphatic rings. The molecule has 0 heterocycles. The molecule has 0 bridgehead atoms. The monoisotopic (exact) mass is 183 g/mol. The van der Waals surface area contributed by atoms with Crippen molar-refractivity contribution in [1.82, 2.24) is 5.48 Å². The van der Waals surface area contributed by atoms with Crippen LogP contribution < -0.4 is 5.48 Å². The molecular formula is C10H14FNO. The lowest BCUT2D eigenvalue weighted by atomic mass is 10.1. The summed E-state index contributed by atoms with van der Waals surface area (Å²) < 4.78 is 13.1. The van der Waals surface area contributed by atoms with Crippen LogP contribution in [-0.4, -0.2) is 13.2 Å². The Labute approximate surface area is 77.7 Å². The number of hydroxylamine groups is 1. The molecule has 0 spiro atoms. The summed E-state index contributed by atoms with van der Waals surface area (Å²) in [4.78, 5) is 4.74. The van der Waals surface area contributed by atoms with E-state index in [1.165, 1.54) is 6.07 Å². The molecule has 1 atom stereocenters. The van der Waals surface area contributed by atoms with Crippen molar-refractivity contribution in [1.29, 1.82) is 0 Å². The van der Waals surface area contributed by atoms with Gasteiger partial charge in [-0.15, -0.1) is 0 Å². The molecule has 13 heavy (non-hydrogen) atoms. The van der Waals surface area contributed by atoms with Crippen molar-refractivity contribution in [2.24, 2.45) is 0 Å². The van der Waals surface area contributed by atoms with Gasteiger partial charge in [0.05, 0.1) is 7.11 Å². The van der Waals surface area contributed by atoms with Crippen LogP contribution in [0.3, 0.4) is 0 Å². The van der Waals surface area contributed by atoms with E-state index in [4.69, 9.17) is 4.84 Å². The van der Waals surface area contributed by atoms with Gasteiger partial charge in [-0.25, -0.2) is 4.39 Å². The van der Waals surface area contributed by atoms with Crippen LogP contribution in [0.25, 0.3) is 0 Å². The van der Waals surface area contributed by atoms with Crippen molar-refractivity contribution < 1.29 is 9.23 Å². The Hall–Kier alpha value is -0.930. The molecule has 0 amide bonds. The van der Waals surface area contributed by atoms with Crippen LogP contribution in [0.15, 0.2) is 24.3 Å². The lowest BCUT2D eigenvalue weighted by molar-refractivity contribution is 0.0659. The zero-order chi connectivity index (χ0) is 9.68. The highest BCUT2D eigenvalue weighted by Gasteiger charge is 2.05. The number of rotatable bonds is 4. The van der Waals surface area contributed by atoms with Gasteiger partial charge in [0, 0.05) is 6.04 Å². The maximum Gasteiger partial charge on any atom is 0.126 e. The first-order valence-corrected chi connectivity index (χ1v) is 4.26. The predicted octanol–water partition coefficient (Wildman–Crippen LogP) is 1.91. The predicted molar refractivity (Wildman–Crippen MR) is 49.7 cm³/mol. The van der Waals surface area contributed by atoms with Gasteiger partial charge in [0.25, 0.3) is 0 Å². The van der Waals surface area contributed by atoms with Crippen molar-refractivity contribution in [3.63, 3.8) is 0 Å². The average molecular weight is 183 g/mol. The summed E-state index contributed by atoms with van der Waals surface area (Å²) in [5.74, 6) is -0.160. The molecule has 0 saturated carbocycles. The van der Waals surface area contributed by atoms with Crippen LogP contribution in [0.4, 0.5) is 4.39 Å². The molecule has 2 nitrogen and oxygen atoms in total. The van der Waals surface area contributed by atoms with Crippen molar-refractivity contribution in [3.05, 3.63) is 35.6 Å². The van der Waals surface area contributed by atoms with Gasteiger partial charge in [-0.05, 0) is 25.0 Å². The normalized spacial score (nSPS) is 12.8. The number of halogens is 1. The second-order valence-corrected chi connectivity index (χ2v) is 3.02. The first-order valence-electron chi connectivity index (χ1n) is 4.26. The summed E-state index contributed by atoms with van der Waals surface area (Å²) in [5, 5.41) is 0. The van der Waals surface area contributed by atoms with Crippen LogP contribution >= 0.6 is 0 Å². The minimum absolute atomic E-state index is 0.113. The van der Waals surface area contributed by atoms with E-state index in [0.717, 1.165) is 0 Å². The summed E-state index contributed by atoms with van der Waals surface area (Å²) in [7, 11) is 1.55. The first-order chi connectivity index (χ1) is 6.24. The lowest BCUT2D eigenvalue weighted by Crippen LogP contribution is -2.27. The summed E-state index contributed by atoms with van der Waals surface area (Å²) in [6, 6.07) is 6.88. The van der Waals surface area contributed by atoms with Crippen molar-refractivity contribution in [3.8, 4) is 0 Å². The van der Waals surface area contributed by atoms with E-state index in [1.54, 1.807) is 19.2 Å². The Balaban J connectivity index is 2.58. The zero-order valence-corrected chi connectivity index (χ0v) is 7.88. The molecule has 1 aromatic carbocycles. The summed E-state index contributed by atoms with van der Waals surface area (Å²) in [5.41, 5.74) is 3.46. The molecule has 0 radical (unpaired) electrons. The Morgan fingerprint density at radius 2 is 2.15 bits per heavy atom. The third kappa shape index (κ3) is 3.13. The Morgan fingerprint density at radius 1 is 1.46 bits per heavy atom. The fourth-order valence-electron chi connectivity index (χ4n) is 1.24. The van der Waals surface area contributed by atoms with Gasteiger partial charge < -0.3 is 4.84 Å². The van der Waals surface area contributed by atoms with Crippen LogP contribution in [-0.2, 0) is 11.3 Å². The van der Waals surface area contributed by atoms with Gasteiger partial charge in [-0.2, -0.15) is 5.48 Å². The second kappa shape index (κ2) is 4.94. The standard InChI is InChI=1S/C10H14FNO/c1-8(12-13-2)7-9-5-3-4-6-10(9)11/h3-6,8,12H,7H2,1-2H3. The molecule has 1 aromatic rings. The molecule has 0 saturated heterocycles. The molecule has 3 heteroatoms. The first kappa shape index (κ1) is 10.2. The quantitative estimate of drug-likeness (QED) is 0.720. The largest absolute Gasteiger partial charge is 0.305 e. The minimum atomic E-state index is -0.160. The van der Waals surface area contributed by atoms with Gasteiger partial charge >= 0.3 is 0 Å². The highest BCUT2D eigenvalue weighted by Crippen LogP contribution is 2.08. The summed E-state index contributed by atoms with van der Waals surface area (Å²) >= 11 is 0. The van der Waals surface area contributed by atoms with E-state index in [-0.39, 0.29) is 11.9 Å². The summed E-state index contributed by atoms with van der Waals surface area (Å²) in [6.45, 7) is 1.94. The van der Waals surface area contributed by atoms with E-state index in [9.17, 15) is 4.39 Å². The molecule has 72 valence electrons. The van der Waals surface area contributed by atoms with Crippen molar-refractivity contribution in [2.45, 2.75) is 19.4 Å². The van der Waals surface area contributed by atoms with E-state index < -0.39 is 0 Å². The number of benzene rings is 1. The molecule has 1 rings (SSSR count). The van der Waals surface area contributed by atoms with E-state index in [2.05, 4.69) is 5.48 Å². The molecule has 0 aliphatic heterocycles. The van der Waals surface area contributed by atoms with Crippen LogP contribution in [0.2, 0.25) is 0 Å². The van der Waals surface area contributed by atoms with Gasteiger partial charge in [0.2, 0.25) is 0 Å². The molecular weight excluding hydrogens is 169 g/mol. The molecule has 1 N–H and O–H groups in total. The molecule has 0 aromatic heterocycles. The van der Waals surface area contributed by atoms with Crippen LogP contribution in [0.5, 0.6) is 0 Å². The third-order valence-electron chi connectivity index (χ3n) is 1.80. The van der Waals surface area contributed by atoms with Crippen molar-refractivity contribution in [2.75, 3.05) is 7.11 Å². The number of hydrogen-bond acceptors (Lipinski definition) is 2. The van der Waals surface area contributed by atoms with Gasteiger partial charge in [0.1, 0.15) is 5.82 Å². The maximum absolute atomic E-state index is 13.1. The maximum atomic E-state index is 13.1. The topological polar surface area (TPSA) is 21.3 Å².